The summed E-state index contributed by atoms with van der Waals surface area (Å²) in [5.41, 5.74) is 4.80. The van der Waals surface area contributed by atoms with Crippen molar-refractivity contribution in [1.82, 2.24) is 9.55 Å². The van der Waals surface area contributed by atoms with Crippen molar-refractivity contribution in [3.63, 3.8) is 0 Å². The zero-order valence-corrected chi connectivity index (χ0v) is 14.5. The van der Waals surface area contributed by atoms with E-state index < -0.39 is 23.7 Å². The highest BCUT2D eigenvalue weighted by atomic mass is 32.1. The molecule has 0 aliphatic heterocycles. The van der Waals surface area contributed by atoms with Gasteiger partial charge in [0.2, 0.25) is 5.78 Å². The number of nitrogens with two attached hydrogens (primary N) is 1. The molecule has 0 aliphatic carbocycles. The number of carbonyl (C=O) groups is 3. The molecule has 3 aromatic rings. The maximum atomic E-state index is 14.1. The molecule has 27 heavy (non-hydrogen) atoms. The van der Waals surface area contributed by atoms with Crippen LogP contribution >= 0.6 is 11.3 Å². The van der Waals surface area contributed by atoms with Gasteiger partial charge < -0.3 is 15.7 Å². The zero-order chi connectivity index (χ0) is 19.7. The van der Waals surface area contributed by atoms with Crippen LogP contribution in [-0.2, 0) is 4.84 Å². The van der Waals surface area contributed by atoms with Crippen molar-refractivity contribution in [2.24, 2.45) is 10.9 Å². The van der Waals surface area contributed by atoms with Crippen molar-refractivity contribution in [2.75, 3.05) is 0 Å². The van der Waals surface area contributed by atoms with E-state index in [1.807, 2.05) is 0 Å². The lowest BCUT2D eigenvalue weighted by molar-refractivity contribution is 0.0509. The maximum Gasteiger partial charge on any atom is 0.416 e. The smallest absolute Gasteiger partial charge is 0.416 e. The molecule has 9 nitrogen and oxygen atoms in total. The molecule has 0 saturated heterocycles. The third-order valence-electron chi connectivity index (χ3n) is 3.41. The Kier molecular flexibility index (Phi) is 4.69. The van der Waals surface area contributed by atoms with Gasteiger partial charge in [-0.25, -0.2) is 23.5 Å². The Bertz CT molecular complexity index is 1110. The van der Waals surface area contributed by atoms with Crippen LogP contribution in [0.2, 0.25) is 0 Å². The van der Waals surface area contributed by atoms with E-state index in [1.54, 1.807) is 0 Å². The van der Waals surface area contributed by atoms with Crippen molar-refractivity contribution in [3.05, 3.63) is 51.9 Å². The molecular weight excluding hydrogens is 379 g/mol. The summed E-state index contributed by atoms with van der Waals surface area (Å²) in [4.78, 5) is 44.3. The van der Waals surface area contributed by atoms with Crippen LogP contribution in [0.15, 0.2) is 34.9 Å². The van der Waals surface area contributed by atoms with Crippen LogP contribution in [0.5, 0.6) is 0 Å². The number of nitrogens with zero attached hydrogens (tertiary/aromatic N) is 3. The molecule has 3 N–H and O–H groups in total. The summed E-state index contributed by atoms with van der Waals surface area (Å²) in [6.07, 6.45) is -0.428. The molecule has 0 amide bonds. The molecule has 0 radical (unpaired) electrons. The predicted octanol–water partition coefficient (Wildman–Crippen LogP) is 2.44. The first-order valence-corrected chi connectivity index (χ1v) is 8.22. The largest absolute Gasteiger partial charge is 0.464 e. The Hall–Kier alpha value is -3.60. The highest BCUT2D eigenvalue weighted by molar-refractivity contribution is 7.12. The Morgan fingerprint density at radius 2 is 2.11 bits per heavy atom. The van der Waals surface area contributed by atoms with Gasteiger partial charge in [0.15, 0.2) is 10.7 Å². The van der Waals surface area contributed by atoms with E-state index in [9.17, 15) is 23.9 Å². The number of thiazole rings is 1. The van der Waals surface area contributed by atoms with Crippen LogP contribution in [-0.4, -0.2) is 38.3 Å². The molecule has 3 rings (SSSR count). The van der Waals surface area contributed by atoms with E-state index in [-0.39, 0.29) is 33.0 Å². The molecular formula is C16H11FN4O5S. The third-order valence-corrected chi connectivity index (χ3v) is 4.25. The number of rotatable bonds is 4. The van der Waals surface area contributed by atoms with Crippen LogP contribution in [0.3, 0.4) is 0 Å². The van der Waals surface area contributed by atoms with Gasteiger partial charge in [-0.2, -0.15) is 0 Å². The number of fused-ring (bicyclic) bond motifs is 1. The minimum Gasteiger partial charge on any atom is -0.464 e. The molecule has 0 aliphatic rings. The number of aromatic nitrogens is 2. The number of carboxylic acid groups (broad SMARTS) is 1. The molecule has 0 atom stereocenters. The van der Waals surface area contributed by atoms with E-state index in [0.29, 0.717) is 4.57 Å². The topological polar surface area (TPSA) is 137 Å². The number of hydrogen-bond acceptors (Lipinski definition) is 7. The number of carbonyl (C=O) groups excluding carboxylic acids is 2. The number of benzene rings is 1. The van der Waals surface area contributed by atoms with Crippen molar-refractivity contribution in [1.29, 1.82) is 0 Å². The second-order valence-corrected chi connectivity index (χ2v) is 6.17. The highest BCUT2D eigenvalue weighted by Gasteiger charge is 2.24. The molecule has 0 unspecified atom stereocenters. The number of halogens is 1. The van der Waals surface area contributed by atoms with Crippen molar-refractivity contribution in [3.8, 4) is 0 Å². The summed E-state index contributed by atoms with van der Waals surface area (Å²) in [5.74, 6) is -2.33. The van der Waals surface area contributed by atoms with Crippen LogP contribution in [0.4, 0.5) is 9.18 Å². The molecule has 0 fully saturated rings. The quantitative estimate of drug-likeness (QED) is 0.229. The SMILES string of the molecule is CC(N)=NOC(=O)c1csc(C(=O)c2cn(C(=O)O)c3c(F)cccc23)n1. The average molecular weight is 390 g/mol. The fourth-order valence-corrected chi connectivity index (χ4v) is 3.06. The molecule has 2 aromatic heterocycles. The minimum atomic E-state index is -1.44. The van der Waals surface area contributed by atoms with Gasteiger partial charge in [0.05, 0.1) is 11.1 Å². The van der Waals surface area contributed by atoms with Crippen LogP contribution in [0.25, 0.3) is 10.9 Å². The highest BCUT2D eigenvalue weighted by Crippen LogP contribution is 2.27. The molecule has 0 saturated carbocycles. The Balaban J connectivity index is 2.00. The first-order chi connectivity index (χ1) is 12.8. The summed E-state index contributed by atoms with van der Waals surface area (Å²) in [7, 11) is 0. The second-order valence-electron chi connectivity index (χ2n) is 5.31. The van der Waals surface area contributed by atoms with Crippen LogP contribution < -0.4 is 5.73 Å². The molecule has 0 bridgehead atoms. The summed E-state index contributed by atoms with van der Waals surface area (Å²) >= 11 is 0.854. The van der Waals surface area contributed by atoms with Crippen molar-refractivity contribution < 1.29 is 28.7 Å². The first-order valence-electron chi connectivity index (χ1n) is 7.34. The Labute approximate surface area is 154 Å². The number of hydrogen-bond donors (Lipinski definition) is 2. The van der Waals surface area contributed by atoms with Crippen LogP contribution in [0.1, 0.15) is 32.8 Å². The van der Waals surface area contributed by atoms with Gasteiger partial charge in [-0.1, -0.05) is 17.3 Å². The van der Waals surface area contributed by atoms with Gasteiger partial charge in [-0.15, -0.1) is 11.3 Å². The minimum absolute atomic E-state index is 0.0263. The lowest BCUT2D eigenvalue weighted by atomic mass is 10.1. The predicted molar refractivity (Wildman–Crippen MR) is 93.6 cm³/mol. The fraction of sp³-hybridized carbons (Fsp3) is 0.0625. The lowest BCUT2D eigenvalue weighted by Gasteiger charge is -1.98. The van der Waals surface area contributed by atoms with Crippen molar-refractivity contribution in [2.45, 2.75) is 6.92 Å². The third kappa shape index (κ3) is 3.40. The normalized spacial score (nSPS) is 11.6. The molecule has 0 spiro atoms. The van der Waals surface area contributed by atoms with Gasteiger partial charge in [-0.05, 0) is 13.0 Å². The monoisotopic (exact) mass is 390 g/mol. The van der Waals surface area contributed by atoms with E-state index in [4.69, 9.17) is 5.73 Å². The summed E-state index contributed by atoms with van der Waals surface area (Å²) < 4.78 is 14.7. The van der Waals surface area contributed by atoms with E-state index in [2.05, 4.69) is 15.0 Å². The van der Waals surface area contributed by atoms with Gasteiger partial charge in [0, 0.05) is 17.0 Å². The van der Waals surface area contributed by atoms with Gasteiger partial charge in [0.25, 0.3) is 0 Å². The van der Waals surface area contributed by atoms with E-state index in [0.717, 1.165) is 23.6 Å². The van der Waals surface area contributed by atoms with E-state index >= 15 is 0 Å². The number of amidine groups is 1. The molecule has 1 aromatic carbocycles. The number of ketones is 1. The van der Waals surface area contributed by atoms with Crippen molar-refractivity contribution >= 4 is 45.9 Å². The molecule has 11 heteroatoms. The summed E-state index contributed by atoms with van der Waals surface area (Å²) in [5, 5.41) is 13.9. The Morgan fingerprint density at radius 1 is 1.37 bits per heavy atom. The summed E-state index contributed by atoms with van der Waals surface area (Å²) in [6.45, 7) is 1.42. The van der Waals surface area contributed by atoms with Gasteiger partial charge >= 0.3 is 12.1 Å². The van der Waals surface area contributed by atoms with Gasteiger partial charge in [0.1, 0.15) is 11.7 Å². The zero-order valence-electron chi connectivity index (χ0n) is 13.7. The molecule has 2 heterocycles. The molecule has 138 valence electrons. The standard InChI is InChI=1S/C16H11FN4O5S/c1-7(18)20-26-15(23)11-6-27-14(19-11)13(22)9-5-21(16(24)25)12-8(9)3-2-4-10(12)17/h2-6H,1H3,(H2,18,20)(H,24,25). The van der Waals surface area contributed by atoms with E-state index in [1.165, 1.54) is 24.4 Å². The number of para-hydroxylation sites is 1. The lowest BCUT2D eigenvalue weighted by Crippen LogP contribution is -2.10. The maximum absolute atomic E-state index is 14.1. The second kappa shape index (κ2) is 6.96. The first kappa shape index (κ1) is 18.2. The Morgan fingerprint density at radius 3 is 2.78 bits per heavy atom. The van der Waals surface area contributed by atoms with Gasteiger partial charge in [-0.3, -0.25) is 4.79 Å². The average Bonchev–Trinajstić information content (AvgIpc) is 3.25. The number of oxime groups is 1. The van der Waals surface area contributed by atoms with Crippen LogP contribution in [0, 0.1) is 5.82 Å². The fourth-order valence-electron chi connectivity index (χ4n) is 2.32. The summed E-state index contributed by atoms with van der Waals surface area (Å²) in [6, 6.07) is 3.87.